The highest BCUT2D eigenvalue weighted by Crippen LogP contribution is 2.34. The first kappa shape index (κ1) is 65.3. The highest BCUT2D eigenvalue weighted by atomic mass is 16.6. The zero-order chi connectivity index (χ0) is 56.4. The molecule has 0 spiro atoms. The van der Waals surface area contributed by atoms with Gasteiger partial charge in [-0.2, -0.15) is 0 Å². The Morgan fingerprint density at radius 3 is 1.96 bits per heavy atom. The molecule has 2 heterocycles. The van der Waals surface area contributed by atoms with E-state index in [0.717, 1.165) is 37.7 Å². The van der Waals surface area contributed by atoms with E-state index >= 15 is 0 Å². The van der Waals surface area contributed by atoms with Crippen LogP contribution in [0, 0.1) is 11.8 Å². The third-order valence-corrected chi connectivity index (χ3v) is 13.8. The highest BCUT2D eigenvalue weighted by molar-refractivity contribution is 6.02. The standard InChI is InChI=1S/C53H84N6O14.C3H8/c1-36(49(65)55-39(50(66)73-52(2,3)4)33-37-17-12-10-13-18-37)48(69-9)40-21-16-25-58(40)45(63)34-41(68-8)47(38-19-14-11-15-20-38)57(7)46(64)35-54-51(67)53(5,6)56-42(60)24-27-70-29-31-72-32-30-71-28-26-59-43(61)22-23-44(59)62;1-3-2/h10,12-13,17-18,36,38-41,47-48H,11,14-16,19-35H2,1-9H3,(H,54,67)(H,55,65)(H,56,60);3H2,1-2H3. The molecule has 2 aliphatic heterocycles. The van der Waals surface area contributed by atoms with Crippen LogP contribution in [-0.4, -0.2) is 184 Å². The monoisotopic (exact) mass is 1070 g/mol. The molecule has 6 atom stereocenters. The second-order valence-electron chi connectivity index (χ2n) is 21.5. The molecule has 7 amide bonds. The summed E-state index contributed by atoms with van der Waals surface area (Å²) < 4.78 is 34.2. The van der Waals surface area contributed by atoms with Crippen LogP contribution in [0.25, 0.3) is 0 Å². The summed E-state index contributed by atoms with van der Waals surface area (Å²) in [6.07, 6.45) is 6.49. The van der Waals surface area contributed by atoms with Crippen molar-refractivity contribution in [2.75, 3.05) is 80.5 Å². The molecule has 1 aliphatic carbocycles. The number of carbonyl (C=O) groups excluding carboxylic acids is 8. The lowest BCUT2D eigenvalue weighted by Gasteiger charge is -2.41. The van der Waals surface area contributed by atoms with Gasteiger partial charge in [0.25, 0.3) is 0 Å². The molecule has 1 saturated carbocycles. The molecule has 3 N–H and O–H groups in total. The van der Waals surface area contributed by atoms with Crippen molar-refractivity contribution in [2.45, 2.75) is 180 Å². The summed E-state index contributed by atoms with van der Waals surface area (Å²) in [5, 5.41) is 8.33. The van der Waals surface area contributed by atoms with Gasteiger partial charge in [0.15, 0.2) is 0 Å². The van der Waals surface area contributed by atoms with Crippen LogP contribution >= 0.6 is 0 Å². The number of hydrogen-bond acceptors (Lipinski definition) is 14. The van der Waals surface area contributed by atoms with Crippen LogP contribution in [0.4, 0.5) is 0 Å². The van der Waals surface area contributed by atoms with Crippen LogP contribution in [0.5, 0.6) is 0 Å². The van der Waals surface area contributed by atoms with E-state index in [-0.39, 0.29) is 108 Å². The third kappa shape index (κ3) is 21.8. The number of nitrogens with one attached hydrogen (secondary N) is 3. The minimum Gasteiger partial charge on any atom is -0.458 e. The number of carbonyl (C=O) groups is 8. The number of amides is 7. The Morgan fingerprint density at radius 2 is 1.38 bits per heavy atom. The molecule has 0 aromatic heterocycles. The zero-order valence-electron chi connectivity index (χ0n) is 47.5. The average molecular weight is 1070 g/mol. The number of imide groups is 1. The molecule has 0 radical (unpaired) electrons. The van der Waals surface area contributed by atoms with Crippen molar-refractivity contribution in [3.63, 3.8) is 0 Å². The van der Waals surface area contributed by atoms with Gasteiger partial charge in [0.05, 0.1) is 89.4 Å². The summed E-state index contributed by atoms with van der Waals surface area (Å²) in [6, 6.07) is 7.49. The topological polar surface area (TPSA) is 238 Å². The Balaban J connectivity index is 0.00000495. The molecule has 0 bridgehead atoms. The summed E-state index contributed by atoms with van der Waals surface area (Å²) in [5.74, 6) is -3.59. The summed E-state index contributed by atoms with van der Waals surface area (Å²) in [4.78, 5) is 110. The predicted molar refractivity (Wildman–Crippen MR) is 285 cm³/mol. The van der Waals surface area contributed by atoms with Crippen LogP contribution < -0.4 is 16.0 Å². The summed E-state index contributed by atoms with van der Waals surface area (Å²) in [6.45, 7) is 16.1. The maximum absolute atomic E-state index is 14.4. The first-order chi connectivity index (χ1) is 36.1. The molecule has 3 fully saturated rings. The number of likely N-dealkylation sites (N-methyl/N-ethyl adjacent to an activating group) is 1. The Hall–Kier alpha value is -5.02. The largest absolute Gasteiger partial charge is 0.458 e. The zero-order valence-corrected chi connectivity index (χ0v) is 47.5. The van der Waals surface area contributed by atoms with Gasteiger partial charge in [0.2, 0.25) is 41.4 Å². The molecule has 1 aromatic rings. The molecular formula is C56H92N6O14. The highest BCUT2D eigenvalue weighted by Gasteiger charge is 2.44. The number of nitrogens with zero attached hydrogens (tertiary/aromatic N) is 3. The van der Waals surface area contributed by atoms with Crippen LogP contribution in [-0.2, 0) is 73.2 Å². The van der Waals surface area contributed by atoms with Crippen LogP contribution in [0.1, 0.15) is 138 Å². The van der Waals surface area contributed by atoms with Gasteiger partial charge < -0.3 is 54.2 Å². The van der Waals surface area contributed by atoms with Crippen molar-refractivity contribution < 1.29 is 66.8 Å². The Morgan fingerprint density at radius 1 is 0.789 bits per heavy atom. The van der Waals surface area contributed by atoms with Crippen molar-refractivity contribution >= 4 is 47.3 Å². The molecular weight excluding hydrogens is 981 g/mol. The maximum atomic E-state index is 14.4. The van der Waals surface area contributed by atoms with Gasteiger partial charge in [-0.1, -0.05) is 76.8 Å². The maximum Gasteiger partial charge on any atom is 0.329 e. The van der Waals surface area contributed by atoms with Crippen molar-refractivity contribution in [3.8, 4) is 0 Å². The molecule has 3 aliphatic rings. The van der Waals surface area contributed by atoms with Gasteiger partial charge in [-0.3, -0.25) is 38.5 Å². The summed E-state index contributed by atoms with van der Waals surface area (Å²) in [5.41, 5.74) is -1.27. The van der Waals surface area contributed by atoms with Crippen molar-refractivity contribution in [1.82, 2.24) is 30.7 Å². The second-order valence-corrected chi connectivity index (χ2v) is 21.5. The number of rotatable bonds is 30. The number of hydrogen-bond donors (Lipinski definition) is 3. The first-order valence-electron chi connectivity index (χ1n) is 27.4. The lowest BCUT2D eigenvalue weighted by molar-refractivity contribution is -0.159. The van der Waals surface area contributed by atoms with Gasteiger partial charge in [-0.25, -0.2) is 4.79 Å². The van der Waals surface area contributed by atoms with Gasteiger partial charge in [-0.05, 0) is 71.8 Å². The fourth-order valence-corrected chi connectivity index (χ4v) is 9.85. The number of benzene rings is 1. The van der Waals surface area contributed by atoms with Crippen molar-refractivity contribution in [1.29, 1.82) is 0 Å². The fraction of sp³-hybridized carbons (Fsp3) is 0.750. The normalized spacial score (nSPS) is 18.2. The number of esters is 1. The van der Waals surface area contributed by atoms with Crippen LogP contribution in [0.2, 0.25) is 0 Å². The Labute approximate surface area is 452 Å². The lowest BCUT2D eigenvalue weighted by Crippen LogP contribution is -2.58. The van der Waals surface area contributed by atoms with Crippen molar-refractivity contribution in [3.05, 3.63) is 35.9 Å². The lowest BCUT2D eigenvalue weighted by atomic mass is 9.80. The first-order valence-corrected chi connectivity index (χ1v) is 27.4. The smallest absolute Gasteiger partial charge is 0.329 e. The van der Waals surface area contributed by atoms with Gasteiger partial charge >= 0.3 is 5.97 Å². The minimum atomic E-state index is -1.36. The van der Waals surface area contributed by atoms with E-state index in [2.05, 4.69) is 29.8 Å². The van der Waals surface area contributed by atoms with Crippen LogP contribution in [0.15, 0.2) is 30.3 Å². The van der Waals surface area contributed by atoms with E-state index in [4.69, 9.17) is 28.4 Å². The van der Waals surface area contributed by atoms with Gasteiger partial charge in [-0.15, -0.1) is 0 Å². The Bertz CT molecular complexity index is 1980. The summed E-state index contributed by atoms with van der Waals surface area (Å²) >= 11 is 0. The number of likely N-dealkylation sites (tertiary alicyclic amines) is 2. The minimum absolute atomic E-state index is 0.0141. The quantitative estimate of drug-likeness (QED) is 0.0546. The van der Waals surface area contributed by atoms with Gasteiger partial charge in [0.1, 0.15) is 17.2 Å². The SMILES string of the molecule is CCC.COC(CC(=O)N1CCCC1C(OC)C(C)C(=O)NC(Cc1ccccc1)C(=O)OC(C)(C)C)C(C1CCCCC1)N(C)C(=O)CNC(=O)C(C)(C)NC(=O)CCOCCOCCOCCN1C(=O)CCC1=O. The molecule has 76 heavy (non-hydrogen) atoms. The second kappa shape index (κ2) is 33.3. The fourth-order valence-electron chi connectivity index (χ4n) is 9.85. The molecule has 4 rings (SSSR count). The summed E-state index contributed by atoms with van der Waals surface area (Å²) in [7, 11) is 4.72. The van der Waals surface area contributed by atoms with Crippen molar-refractivity contribution in [2.24, 2.45) is 11.8 Å². The molecule has 20 heteroatoms. The van der Waals surface area contributed by atoms with E-state index in [1.807, 2.05) is 30.3 Å². The number of methoxy groups -OCH3 is 2. The van der Waals surface area contributed by atoms with Gasteiger partial charge in [0, 0.05) is 53.5 Å². The van der Waals surface area contributed by atoms with E-state index in [0.29, 0.717) is 26.0 Å². The molecule has 20 nitrogen and oxygen atoms in total. The average Bonchev–Trinajstić information content (AvgIpc) is 3.99. The van der Waals surface area contributed by atoms with Crippen LogP contribution in [0.3, 0.4) is 0 Å². The third-order valence-electron chi connectivity index (χ3n) is 13.8. The van der Waals surface area contributed by atoms with E-state index in [9.17, 15) is 38.4 Å². The molecule has 2 saturated heterocycles. The molecule has 1 aromatic carbocycles. The molecule has 6 unspecified atom stereocenters. The predicted octanol–water partition coefficient (Wildman–Crippen LogP) is 4.53. The van der Waals surface area contributed by atoms with E-state index < -0.39 is 71.1 Å². The Kier molecular flexibility index (Phi) is 28.6. The number of ether oxygens (including phenoxy) is 6. The van der Waals surface area contributed by atoms with E-state index in [1.165, 1.54) is 25.5 Å². The van der Waals surface area contributed by atoms with E-state index in [1.54, 1.807) is 58.4 Å². The molecule has 430 valence electrons.